The van der Waals surface area contributed by atoms with Crippen LogP contribution in [0.4, 0.5) is 20.3 Å². The second-order valence-corrected chi connectivity index (χ2v) is 3.24. The lowest BCUT2D eigenvalue weighted by Gasteiger charge is -2.07. The van der Waals surface area contributed by atoms with Crippen LogP contribution in [0.3, 0.4) is 0 Å². The van der Waals surface area contributed by atoms with Gasteiger partial charge in [0.15, 0.2) is 0 Å². The summed E-state index contributed by atoms with van der Waals surface area (Å²) in [6, 6.07) is 1.36. The molecule has 0 atom stereocenters. The van der Waals surface area contributed by atoms with Crippen molar-refractivity contribution in [3.05, 3.63) is 15.3 Å². The van der Waals surface area contributed by atoms with Gasteiger partial charge in [-0.3, -0.25) is 0 Å². The monoisotopic (exact) mass is 285 g/mol. The second kappa shape index (κ2) is 3.38. The molecule has 1 aromatic heterocycles. The minimum absolute atomic E-state index is 0.0121. The molecular formula is C6H6F2IN3. The summed E-state index contributed by atoms with van der Waals surface area (Å²) in [6.45, 7) is 0. The van der Waals surface area contributed by atoms with Crippen molar-refractivity contribution in [1.82, 2.24) is 4.98 Å². The third-order valence-corrected chi connectivity index (χ3v) is 1.86. The van der Waals surface area contributed by atoms with E-state index in [-0.39, 0.29) is 17.1 Å². The molecule has 6 heteroatoms. The highest BCUT2D eigenvalue weighted by Crippen LogP contribution is 2.29. The minimum atomic E-state index is -2.67. The lowest BCUT2D eigenvalue weighted by Crippen LogP contribution is -2.04. The van der Waals surface area contributed by atoms with Gasteiger partial charge in [-0.15, -0.1) is 0 Å². The fourth-order valence-corrected chi connectivity index (χ4v) is 1.39. The molecule has 0 saturated heterocycles. The molecular weight excluding hydrogens is 279 g/mol. The molecule has 0 aromatic carbocycles. The Morgan fingerprint density at radius 3 is 2.42 bits per heavy atom. The average molecular weight is 285 g/mol. The van der Waals surface area contributed by atoms with E-state index in [0.29, 0.717) is 3.70 Å². The molecule has 0 aliphatic carbocycles. The number of aromatic nitrogens is 1. The SMILES string of the molecule is Nc1cc(I)nc(N)c1C(F)F. The number of alkyl halides is 2. The molecule has 0 amide bonds. The van der Waals surface area contributed by atoms with Gasteiger partial charge < -0.3 is 11.5 Å². The first-order valence-corrected chi connectivity index (χ1v) is 4.09. The van der Waals surface area contributed by atoms with E-state index >= 15 is 0 Å². The number of anilines is 2. The van der Waals surface area contributed by atoms with Gasteiger partial charge in [0.1, 0.15) is 9.52 Å². The van der Waals surface area contributed by atoms with Crippen molar-refractivity contribution in [2.75, 3.05) is 11.5 Å². The molecule has 1 rings (SSSR count). The summed E-state index contributed by atoms with van der Waals surface area (Å²) < 4.78 is 24.9. The van der Waals surface area contributed by atoms with Crippen molar-refractivity contribution < 1.29 is 8.78 Å². The van der Waals surface area contributed by atoms with Crippen molar-refractivity contribution in [3.63, 3.8) is 0 Å². The fourth-order valence-electron chi connectivity index (χ4n) is 0.799. The van der Waals surface area contributed by atoms with Crippen LogP contribution in [-0.4, -0.2) is 4.98 Å². The number of pyridine rings is 1. The molecule has 4 N–H and O–H groups in total. The van der Waals surface area contributed by atoms with Gasteiger partial charge in [0, 0.05) is 5.69 Å². The van der Waals surface area contributed by atoms with Crippen LogP contribution in [-0.2, 0) is 0 Å². The van der Waals surface area contributed by atoms with E-state index in [1.807, 2.05) is 22.6 Å². The molecule has 1 aromatic rings. The van der Waals surface area contributed by atoms with E-state index < -0.39 is 6.43 Å². The lowest BCUT2D eigenvalue weighted by molar-refractivity contribution is 0.152. The summed E-state index contributed by atoms with van der Waals surface area (Å²) in [5.74, 6) is -0.200. The van der Waals surface area contributed by atoms with Crippen LogP contribution in [0.1, 0.15) is 12.0 Å². The van der Waals surface area contributed by atoms with Crippen molar-refractivity contribution in [2.45, 2.75) is 6.43 Å². The normalized spacial score (nSPS) is 10.7. The maximum atomic E-state index is 12.2. The molecule has 1 heterocycles. The number of rotatable bonds is 1. The number of nitrogen functional groups attached to an aromatic ring is 2. The Morgan fingerprint density at radius 2 is 2.00 bits per heavy atom. The Kier molecular flexibility index (Phi) is 2.65. The van der Waals surface area contributed by atoms with Crippen molar-refractivity contribution in [3.8, 4) is 0 Å². The van der Waals surface area contributed by atoms with Gasteiger partial charge in [0.25, 0.3) is 6.43 Å². The van der Waals surface area contributed by atoms with Gasteiger partial charge >= 0.3 is 0 Å². The predicted molar refractivity (Wildman–Crippen MR) is 50.7 cm³/mol. The molecule has 0 spiro atoms. The first-order valence-electron chi connectivity index (χ1n) is 3.02. The van der Waals surface area contributed by atoms with E-state index in [2.05, 4.69) is 4.98 Å². The zero-order chi connectivity index (χ0) is 9.30. The van der Waals surface area contributed by atoms with E-state index in [4.69, 9.17) is 11.5 Å². The van der Waals surface area contributed by atoms with Crippen LogP contribution >= 0.6 is 22.6 Å². The lowest BCUT2D eigenvalue weighted by atomic mass is 10.2. The van der Waals surface area contributed by atoms with Crippen LogP contribution in [0.2, 0.25) is 0 Å². The first-order chi connectivity index (χ1) is 5.52. The average Bonchev–Trinajstić information content (AvgIpc) is 1.82. The quantitative estimate of drug-likeness (QED) is 0.610. The summed E-state index contributed by atoms with van der Waals surface area (Å²) in [5.41, 5.74) is 10.2. The van der Waals surface area contributed by atoms with E-state index in [0.717, 1.165) is 0 Å². The number of nitrogens with two attached hydrogens (primary N) is 2. The number of hydrogen-bond acceptors (Lipinski definition) is 3. The third kappa shape index (κ3) is 1.74. The smallest absolute Gasteiger partial charge is 0.269 e. The fraction of sp³-hybridized carbons (Fsp3) is 0.167. The molecule has 0 aliphatic heterocycles. The van der Waals surface area contributed by atoms with E-state index in [9.17, 15) is 8.78 Å². The van der Waals surface area contributed by atoms with Crippen LogP contribution in [0.25, 0.3) is 0 Å². The Hall–Kier alpha value is -0.660. The molecule has 0 unspecified atom stereocenters. The Bertz CT molecular complexity index is 280. The van der Waals surface area contributed by atoms with Crippen molar-refractivity contribution >= 4 is 34.1 Å². The second-order valence-electron chi connectivity index (χ2n) is 2.13. The van der Waals surface area contributed by atoms with Gasteiger partial charge in [-0.2, -0.15) is 0 Å². The van der Waals surface area contributed by atoms with Gasteiger partial charge in [0.05, 0.1) is 5.56 Å². The zero-order valence-electron chi connectivity index (χ0n) is 5.89. The predicted octanol–water partition coefficient (Wildman–Crippen LogP) is 1.79. The maximum Gasteiger partial charge on any atom is 0.269 e. The maximum absolute atomic E-state index is 12.2. The summed E-state index contributed by atoms with van der Waals surface area (Å²) in [4.78, 5) is 3.66. The largest absolute Gasteiger partial charge is 0.398 e. The topological polar surface area (TPSA) is 64.9 Å². The number of nitrogens with zero attached hydrogens (tertiary/aromatic N) is 1. The molecule has 0 saturated carbocycles. The summed E-state index contributed by atoms with van der Waals surface area (Å²) in [5, 5.41) is 0. The van der Waals surface area contributed by atoms with Crippen LogP contribution in [0.5, 0.6) is 0 Å². The van der Waals surface area contributed by atoms with Crippen LogP contribution in [0.15, 0.2) is 6.07 Å². The number of halogens is 3. The first kappa shape index (κ1) is 9.43. The summed E-state index contributed by atoms with van der Waals surface area (Å²) >= 11 is 1.86. The van der Waals surface area contributed by atoms with Crippen molar-refractivity contribution in [1.29, 1.82) is 0 Å². The van der Waals surface area contributed by atoms with E-state index in [1.54, 1.807) is 0 Å². The van der Waals surface area contributed by atoms with Crippen molar-refractivity contribution in [2.24, 2.45) is 0 Å². The van der Waals surface area contributed by atoms with Gasteiger partial charge in [-0.25, -0.2) is 13.8 Å². The Labute approximate surface area is 81.3 Å². The highest BCUT2D eigenvalue weighted by Gasteiger charge is 2.16. The highest BCUT2D eigenvalue weighted by molar-refractivity contribution is 14.1. The molecule has 0 bridgehead atoms. The number of hydrogen-bond donors (Lipinski definition) is 2. The molecule has 12 heavy (non-hydrogen) atoms. The molecule has 0 radical (unpaired) electrons. The standard InChI is InChI=1S/C6H6F2IN3/c7-5(8)4-2(10)1-3(9)12-6(4)11/h1,5H,(H4,10,11,12). The zero-order valence-corrected chi connectivity index (χ0v) is 8.05. The molecule has 0 aliphatic rings. The third-order valence-electron chi connectivity index (χ3n) is 1.31. The Morgan fingerprint density at radius 1 is 1.42 bits per heavy atom. The van der Waals surface area contributed by atoms with Crippen LogP contribution < -0.4 is 11.5 Å². The van der Waals surface area contributed by atoms with E-state index in [1.165, 1.54) is 6.07 Å². The summed E-state index contributed by atoms with van der Waals surface area (Å²) in [6.07, 6.45) is -2.67. The summed E-state index contributed by atoms with van der Waals surface area (Å²) in [7, 11) is 0. The van der Waals surface area contributed by atoms with Gasteiger partial charge in [0.2, 0.25) is 0 Å². The molecule has 0 fully saturated rings. The minimum Gasteiger partial charge on any atom is -0.398 e. The Balaban J connectivity index is 3.28. The molecule has 3 nitrogen and oxygen atoms in total. The molecule has 66 valence electrons. The van der Waals surface area contributed by atoms with Crippen LogP contribution in [0, 0.1) is 3.70 Å². The van der Waals surface area contributed by atoms with Gasteiger partial charge in [-0.05, 0) is 28.7 Å². The highest BCUT2D eigenvalue weighted by atomic mass is 127. The van der Waals surface area contributed by atoms with Gasteiger partial charge in [-0.1, -0.05) is 0 Å².